The lowest BCUT2D eigenvalue weighted by molar-refractivity contribution is 0.0996. The van der Waals surface area contributed by atoms with Gasteiger partial charge < -0.3 is 10.3 Å². The summed E-state index contributed by atoms with van der Waals surface area (Å²) < 4.78 is 0. The lowest BCUT2D eigenvalue weighted by Gasteiger charge is -2.11. The van der Waals surface area contributed by atoms with E-state index in [4.69, 9.17) is 0 Å². The molecule has 2 N–H and O–H groups in total. The van der Waals surface area contributed by atoms with E-state index in [0.717, 1.165) is 35.8 Å². The summed E-state index contributed by atoms with van der Waals surface area (Å²) in [6.45, 7) is 0. The Morgan fingerprint density at radius 2 is 1.52 bits per heavy atom. The first-order valence-electron chi connectivity index (χ1n) is 10.3. The van der Waals surface area contributed by atoms with Crippen LogP contribution in [0.1, 0.15) is 43.8 Å². The minimum atomic E-state index is -0.372. The average Bonchev–Trinajstić information content (AvgIpc) is 3.30. The molecule has 1 aromatic heterocycles. The van der Waals surface area contributed by atoms with Crippen LogP contribution >= 0.6 is 0 Å². The standard InChI is InChI=1S/C26H20N2O3/c29-24(16-7-2-1-3-8-16)20-9-4-5-10-22(20)25(30)27-17-13-14-19-18-11-6-12-21(18)26(31)28-23(19)15-17/h1-5,7-10,13-15H,6,11-12H2,(H,27,30)(H,28,31). The zero-order valence-corrected chi connectivity index (χ0v) is 16.8. The molecular formula is C26H20N2O3. The number of amides is 1. The smallest absolute Gasteiger partial charge is 0.256 e. The normalized spacial score (nSPS) is 12.5. The second kappa shape index (κ2) is 7.69. The van der Waals surface area contributed by atoms with E-state index in [0.29, 0.717) is 27.9 Å². The molecule has 0 atom stereocenters. The molecule has 1 amide bonds. The van der Waals surface area contributed by atoms with Crippen molar-refractivity contribution in [3.05, 3.63) is 111 Å². The molecule has 1 aliphatic rings. The number of aromatic nitrogens is 1. The highest BCUT2D eigenvalue weighted by atomic mass is 16.2. The fourth-order valence-corrected chi connectivity index (χ4v) is 4.30. The van der Waals surface area contributed by atoms with Gasteiger partial charge in [-0.25, -0.2) is 0 Å². The minimum absolute atomic E-state index is 0.0534. The topological polar surface area (TPSA) is 79.0 Å². The zero-order chi connectivity index (χ0) is 21.4. The molecule has 3 aromatic carbocycles. The zero-order valence-electron chi connectivity index (χ0n) is 16.8. The molecule has 0 fully saturated rings. The summed E-state index contributed by atoms with van der Waals surface area (Å²) in [5.41, 5.74) is 4.37. The Morgan fingerprint density at radius 3 is 2.32 bits per heavy atom. The number of H-pyrrole nitrogens is 1. The molecule has 5 rings (SSSR count). The summed E-state index contributed by atoms with van der Waals surface area (Å²) in [5, 5.41) is 3.89. The van der Waals surface area contributed by atoms with Gasteiger partial charge >= 0.3 is 0 Å². The molecule has 1 heterocycles. The Bertz CT molecular complexity index is 1390. The van der Waals surface area contributed by atoms with Gasteiger partial charge in [-0.15, -0.1) is 0 Å². The third-order valence-corrected chi connectivity index (χ3v) is 5.79. The third-order valence-electron chi connectivity index (χ3n) is 5.79. The van der Waals surface area contributed by atoms with Crippen molar-refractivity contribution in [3.8, 4) is 0 Å². The van der Waals surface area contributed by atoms with Crippen molar-refractivity contribution in [1.29, 1.82) is 0 Å². The van der Waals surface area contributed by atoms with Gasteiger partial charge in [0.05, 0.1) is 11.1 Å². The first kappa shape index (κ1) is 19.0. The monoisotopic (exact) mass is 408 g/mol. The molecule has 0 bridgehead atoms. The summed E-state index contributed by atoms with van der Waals surface area (Å²) in [6, 6.07) is 21.2. The van der Waals surface area contributed by atoms with Crippen molar-refractivity contribution in [2.75, 3.05) is 5.32 Å². The van der Waals surface area contributed by atoms with Crippen molar-refractivity contribution in [2.45, 2.75) is 19.3 Å². The molecule has 4 aromatic rings. The number of hydrogen-bond donors (Lipinski definition) is 2. The lowest BCUT2D eigenvalue weighted by atomic mass is 9.98. The third kappa shape index (κ3) is 3.44. The molecule has 0 radical (unpaired) electrons. The maximum absolute atomic E-state index is 13.0. The van der Waals surface area contributed by atoms with Crippen molar-refractivity contribution >= 4 is 28.3 Å². The van der Waals surface area contributed by atoms with E-state index in [2.05, 4.69) is 10.3 Å². The second-order valence-electron chi connectivity index (χ2n) is 7.72. The highest BCUT2D eigenvalue weighted by molar-refractivity contribution is 6.17. The summed E-state index contributed by atoms with van der Waals surface area (Å²) in [4.78, 5) is 41.2. The SMILES string of the molecule is O=C(Nc1ccc2c3c(c(=O)[nH]c2c1)CCC3)c1ccccc1C(=O)c1ccccc1. The molecule has 31 heavy (non-hydrogen) atoms. The lowest BCUT2D eigenvalue weighted by Crippen LogP contribution is -2.17. The van der Waals surface area contributed by atoms with Crippen molar-refractivity contribution in [2.24, 2.45) is 0 Å². The molecule has 1 aliphatic carbocycles. The highest BCUT2D eigenvalue weighted by Crippen LogP contribution is 2.28. The number of nitrogens with one attached hydrogen (secondary N) is 2. The van der Waals surface area contributed by atoms with E-state index in [1.807, 2.05) is 18.2 Å². The van der Waals surface area contributed by atoms with Crippen LogP contribution in [-0.2, 0) is 12.8 Å². The number of carbonyl (C=O) groups is 2. The first-order chi connectivity index (χ1) is 15.1. The molecule has 0 aliphatic heterocycles. The van der Waals surface area contributed by atoms with Gasteiger partial charge in [-0.3, -0.25) is 14.4 Å². The van der Waals surface area contributed by atoms with Crippen LogP contribution < -0.4 is 10.9 Å². The number of anilines is 1. The van der Waals surface area contributed by atoms with Crippen molar-refractivity contribution < 1.29 is 9.59 Å². The van der Waals surface area contributed by atoms with Crippen molar-refractivity contribution in [1.82, 2.24) is 4.98 Å². The molecular weight excluding hydrogens is 388 g/mol. The Morgan fingerprint density at radius 1 is 0.806 bits per heavy atom. The predicted molar refractivity (Wildman–Crippen MR) is 121 cm³/mol. The van der Waals surface area contributed by atoms with Crippen LogP contribution in [-0.4, -0.2) is 16.7 Å². The average molecular weight is 408 g/mol. The summed E-state index contributed by atoms with van der Waals surface area (Å²) in [5.74, 6) is -0.576. The number of aryl methyl sites for hydroxylation is 1. The molecule has 5 heteroatoms. The Balaban J connectivity index is 1.47. The van der Waals surface area contributed by atoms with E-state index < -0.39 is 0 Å². The van der Waals surface area contributed by atoms with Crippen LogP contribution in [0.15, 0.2) is 77.6 Å². The molecule has 5 nitrogen and oxygen atoms in total. The largest absolute Gasteiger partial charge is 0.322 e. The van der Waals surface area contributed by atoms with Gasteiger partial charge in [0.1, 0.15) is 0 Å². The minimum Gasteiger partial charge on any atom is -0.322 e. The molecule has 0 unspecified atom stereocenters. The Kier molecular flexibility index (Phi) is 4.71. The highest BCUT2D eigenvalue weighted by Gasteiger charge is 2.20. The second-order valence-corrected chi connectivity index (χ2v) is 7.72. The van der Waals surface area contributed by atoms with Gasteiger partial charge in [-0.2, -0.15) is 0 Å². The number of aromatic amines is 1. The molecule has 0 saturated carbocycles. The van der Waals surface area contributed by atoms with E-state index in [-0.39, 0.29) is 17.2 Å². The molecule has 0 spiro atoms. The fraction of sp³-hybridized carbons (Fsp3) is 0.115. The van der Waals surface area contributed by atoms with E-state index in [9.17, 15) is 14.4 Å². The van der Waals surface area contributed by atoms with Gasteiger partial charge in [-0.1, -0.05) is 54.6 Å². The van der Waals surface area contributed by atoms with Gasteiger partial charge in [-0.05, 0) is 43.0 Å². The number of fused-ring (bicyclic) bond motifs is 3. The van der Waals surface area contributed by atoms with E-state index >= 15 is 0 Å². The Hall–Kier alpha value is -3.99. The van der Waals surface area contributed by atoms with Crippen LogP contribution in [0.2, 0.25) is 0 Å². The van der Waals surface area contributed by atoms with Crippen LogP contribution in [0, 0.1) is 0 Å². The van der Waals surface area contributed by atoms with Crippen LogP contribution in [0.4, 0.5) is 5.69 Å². The number of benzene rings is 3. The fourth-order valence-electron chi connectivity index (χ4n) is 4.30. The Labute approximate surface area is 178 Å². The van der Waals surface area contributed by atoms with Gasteiger partial charge in [0.2, 0.25) is 0 Å². The number of ketones is 1. The predicted octanol–water partition coefficient (Wildman–Crippen LogP) is 4.50. The van der Waals surface area contributed by atoms with E-state index in [1.165, 1.54) is 0 Å². The molecule has 0 saturated heterocycles. The first-order valence-corrected chi connectivity index (χ1v) is 10.3. The number of rotatable bonds is 4. The number of pyridine rings is 1. The number of carbonyl (C=O) groups excluding carboxylic acids is 2. The van der Waals surface area contributed by atoms with Crippen LogP contribution in [0.5, 0.6) is 0 Å². The number of hydrogen-bond acceptors (Lipinski definition) is 3. The van der Waals surface area contributed by atoms with Crippen LogP contribution in [0.25, 0.3) is 10.9 Å². The van der Waals surface area contributed by atoms with Gasteiger partial charge in [0.15, 0.2) is 5.78 Å². The summed E-state index contributed by atoms with van der Waals surface area (Å²) in [7, 11) is 0. The summed E-state index contributed by atoms with van der Waals surface area (Å²) >= 11 is 0. The van der Waals surface area contributed by atoms with Crippen molar-refractivity contribution in [3.63, 3.8) is 0 Å². The van der Waals surface area contributed by atoms with Crippen LogP contribution in [0.3, 0.4) is 0 Å². The van der Waals surface area contributed by atoms with E-state index in [1.54, 1.807) is 54.6 Å². The molecule has 152 valence electrons. The van der Waals surface area contributed by atoms with Gasteiger partial charge in [0.25, 0.3) is 11.5 Å². The maximum atomic E-state index is 13.0. The summed E-state index contributed by atoms with van der Waals surface area (Å²) in [6.07, 6.45) is 2.70. The van der Waals surface area contributed by atoms with Gasteiger partial charge in [0, 0.05) is 27.8 Å². The quantitative estimate of drug-likeness (QED) is 0.488. The maximum Gasteiger partial charge on any atom is 0.256 e.